The van der Waals surface area contributed by atoms with Crippen molar-refractivity contribution in [3.8, 4) is 5.69 Å². The number of nitrogens with one attached hydrogen (secondary N) is 1. The van der Waals surface area contributed by atoms with Crippen molar-refractivity contribution >= 4 is 29.0 Å². The molecule has 0 spiro atoms. The second-order valence-corrected chi connectivity index (χ2v) is 7.99. The Kier molecular flexibility index (Phi) is 5.35. The van der Waals surface area contributed by atoms with Crippen molar-refractivity contribution in [1.82, 2.24) is 14.9 Å². The molecule has 4 aromatic rings. The average molecular weight is 459 g/mol. The summed E-state index contributed by atoms with van der Waals surface area (Å²) >= 11 is 5.66. The number of aromatic nitrogens is 2. The van der Waals surface area contributed by atoms with Crippen molar-refractivity contribution in [2.24, 2.45) is 0 Å². The number of carboxylic acids is 1. The van der Waals surface area contributed by atoms with E-state index < -0.39 is 12.0 Å². The minimum absolute atomic E-state index is 0.180. The zero-order valence-corrected chi connectivity index (χ0v) is 18.1. The van der Waals surface area contributed by atoms with Crippen LogP contribution in [0.1, 0.15) is 33.8 Å². The van der Waals surface area contributed by atoms with Crippen LogP contribution in [0.15, 0.2) is 91.3 Å². The largest absolute Gasteiger partial charge is 0.478 e. The van der Waals surface area contributed by atoms with E-state index in [1.165, 1.54) is 6.07 Å². The predicted molar refractivity (Wildman–Crippen MR) is 127 cm³/mol. The maximum absolute atomic E-state index is 14.9. The number of anilines is 1. The van der Waals surface area contributed by atoms with Crippen LogP contribution in [0.3, 0.4) is 0 Å². The van der Waals surface area contributed by atoms with E-state index in [2.05, 4.69) is 10.3 Å². The minimum atomic E-state index is -1.01. The van der Waals surface area contributed by atoms with Gasteiger partial charge in [0.25, 0.3) is 0 Å². The van der Waals surface area contributed by atoms with Crippen LogP contribution in [0.2, 0.25) is 0 Å². The summed E-state index contributed by atoms with van der Waals surface area (Å²) in [6, 6.07) is 21.8. The summed E-state index contributed by atoms with van der Waals surface area (Å²) in [5.41, 5.74) is 2.78. The van der Waals surface area contributed by atoms with E-state index in [-0.39, 0.29) is 17.4 Å². The molecule has 1 saturated heterocycles. The lowest BCUT2D eigenvalue weighted by atomic mass is 10.0. The molecule has 5 rings (SSSR count). The fourth-order valence-corrected chi connectivity index (χ4v) is 4.56. The molecule has 0 unspecified atom stereocenters. The van der Waals surface area contributed by atoms with Gasteiger partial charge in [-0.3, -0.25) is 4.98 Å². The highest BCUT2D eigenvalue weighted by Gasteiger charge is 2.43. The summed E-state index contributed by atoms with van der Waals surface area (Å²) in [7, 11) is 0. The lowest BCUT2D eigenvalue weighted by Crippen LogP contribution is -2.31. The second kappa shape index (κ2) is 8.48. The molecule has 2 aromatic heterocycles. The minimum Gasteiger partial charge on any atom is -0.478 e. The number of halogens is 1. The highest BCUT2D eigenvalue weighted by molar-refractivity contribution is 7.80. The third-order valence-electron chi connectivity index (χ3n) is 5.66. The third kappa shape index (κ3) is 3.74. The van der Waals surface area contributed by atoms with Gasteiger partial charge in [0.1, 0.15) is 11.9 Å². The second-order valence-electron chi connectivity index (χ2n) is 7.61. The molecule has 3 heterocycles. The molecular weight excluding hydrogens is 439 g/mol. The van der Waals surface area contributed by atoms with Gasteiger partial charge in [-0.25, -0.2) is 9.18 Å². The number of aromatic carboxylic acids is 1. The topological polar surface area (TPSA) is 70.4 Å². The Morgan fingerprint density at radius 1 is 1.03 bits per heavy atom. The van der Waals surface area contributed by atoms with Crippen molar-refractivity contribution in [2.75, 3.05) is 4.90 Å². The standard InChI is InChI=1S/C25H19FN4O2S/c26-18-9-1-2-11-20(18)30-23(22(28-25(30)33)19-10-3-4-13-27-19)21-12-6-14-29(21)17-8-5-7-16(15-17)24(31)32/h1-15,22-23H,(H,28,33)(H,31,32)/t22-,23-/m1/s1. The molecule has 164 valence electrons. The van der Waals surface area contributed by atoms with E-state index in [1.807, 2.05) is 47.2 Å². The summed E-state index contributed by atoms with van der Waals surface area (Å²) in [6.45, 7) is 0. The molecule has 33 heavy (non-hydrogen) atoms. The predicted octanol–water partition coefficient (Wildman–Crippen LogP) is 4.89. The number of hydrogen-bond acceptors (Lipinski definition) is 3. The number of pyridine rings is 1. The normalized spacial score (nSPS) is 17.7. The zero-order valence-electron chi connectivity index (χ0n) is 17.3. The fraction of sp³-hybridized carbons (Fsp3) is 0.0800. The number of benzene rings is 2. The number of carboxylic acid groups (broad SMARTS) is 1. The Labute approximate surface area is 194 Å². The van der Waals surface area contributed by atoms with E-state index in [0.717, 1.165) is 11.4 Å². The molecule has 0 amide bonds. The molecule has 0 saturated carbocycles. The van der Waals surface area contributed by atoms with Gasteiger partial charge in [-0.2, -0.15) is 0 Å². The molecule has 1 fully saturated rings. The Morgan fingerprint density at radius 2 is 1.85 bits per heavy atom. The fourth-order valence-electron chi connectivity index (χ4n) is 4.22. The van der Waals surface area contributed by atoms with Crippen molar-refractivity contribution < 1.29 is 14.3 Å². The SMILES string of the molecule is O=C(O)c1cccc(-n2cccc2[C@@H]2[C@@H](c3ccccn3)NC(=S)N2c2ccccc2F)c1. The number of para-hydroxylation sites is 1. The van der Waals surface area contributed by atoms with Crippen molar-refractivity contribution in [3.05, 3.63) is 114 Å². The molecular formula is C25H19FN4O2S. The average Bonchev–Trinajstić information content (AvgIpc) is 3.44. The Hall–Kier alpha value is -4.04. The van der Waals surface area contributed by atoms with Crippen LogP contribution >= 0.6 is 12.2 Å². The molecule has 6 nitrogen and oxygen atoms in total. The quantitative estimate of drug-likeness (QED) is 0.415. The Bertz CT molecular complexity index is 1340. The van der Waals surface area contributed by atoms with Gasteiger partial charge < -0.3 is 19.9 Å². The number of thiocarbonyl (C=S) groups is 1. The molecule has 0 bridgehead atoms. The first-order chi connectivity index (χ1) is 16.0. The molecule has 2 aromatic carbocycles. The first-order valence-electron chi connectivity index (χ1n) is 10.3. The van der Waals surface area contributed by atoms with E-state index in [4.69, 9.17) is 12.2 Å². The van der Waals surface area contributed by atoms with E-state index in [0.29, 0.717) is 16.5 Å². The molecule has 2 atom stereocenters. The van der Waals surface area contributed by atoms with E-state index in [1.54, 1.807) is 47.5 Å². The van der Waals surface area contributed by atoms with Gasteiger partial charge in [0.05, 0.1) is 23.0 Å². The molecule has 8 heteroatoms. The van der Waals surface area contributed by atoms with Gasteiger partial charge in [0.2, 0.25) is 0 Å². The van der Waals surface area contributed by atoms with Crippen LogP contribution in [0, 0.1) is 5.82 Å². The molecule has 1 aliphatic rings. The zero-order chi connectivity index (χ0) is 22.9. The van der Waals surface area contributed by atoms with Gasteiger partial charge >= 0.3 is 5.97 Å². The van der Waals surface area contributed by atoms with Crippen LogP contribution in [0.5, 0.6) is 0 Å². The molecule has 2 N–H and O–H groups in total. The van der Waals surface area contributed by atoms with Gasteiger partial charge in [-0.15, -0.1) is 0 Å². The number of nitrogens with zero attached hydrogens (tertiary/aromatic N) is 3. The summed E-state index contributed by atoms with van der Waals surface area (Å²) < 4.78 is 16.8. The summed E-state index contributed by atoms with van der Waals surface area (Å²) in [5.74, 6) is -1.40. The van der Waals surface area contributed by atoms with Gasteiger partial charge in [0, 0.05) is 23.8 Å². The molecule has 0 aliphatic carbocycles. The van der Waals surface area contributed by atoms with Gasteiger partial charge in [0.15, 0.2) is 5.11 Å². The Morgan fingerprint density at radius 3 is 2.61 bits per heavy atom. The van der Waals surface area contributed by atoms with E-state index in [9.17, 15) is 14.3 Å². The first-order valence-corrected chi connectivity index (χ1v) is 10.7. The number of carbonyl (C=O) groups is 1. The summed E-state index contributed by atoms with van der Waals surface area (Å²) in [5, 5.41) is 13.1. The van der Waals surface area contributed by atoms with Crippen molar-refractivity contribution in [3.63, 3.8) is 0 Å². The van der Waals surface area contributed by atoms with Gasteiger partial charge in [-0.05, 0) is 66.8 Å². The van der Waals surface area contributed by atoms with Crippen molar-refractivity contribution in [1.29, 1.82) is 0 Å². The number of rotatable bonds is 5. The lowest BCUT2D eigenvalue weighted by Gasteiger charge is -2.29. The maximum atomic E-state index is 14.9. The highest BCUT2D eigenvalue weighted by atomic mass is 32.1. The smallest absolute Gasteiger partial charge is 0.335 e. The van der Waals surface area contributed by atoms with Gasteiger partial charge in [-0.1, -0.05) is 24.3 Å². The lowest BCUT2D eigenvalue weighted by molar-refractivity contribution is 0.0697. The highest BCUT2D eigenvalue weighted by Crippen LogP contribution is 2.42. The third-order valence-corrected chi connectivity index (χ3v) is 5.98. The Balaban J connectivity index is 1.68. The number of hydrogen-bond donors (Lipinski definition) is 2. The first kappa shape index (κ1) is 20.8. The van der Waals surface area contributed by atoms with Crippen LogP contribution < -0.4 is 10.2 Å². The maximum Gasteiger partial charge on any atom is 0.335 e. The monoisotopic (exact) mass is 458 g/mol. The summed E-state index contributed by atoms with van der Waals surface area (Å²) in [6.07, 6.45) is 3.56. The van der Waals surface area contributed by atoms with Crippen LogP contribution in [-0.4, -0.2) is 25.7 Å². The molecule has 1 aliphatic heterocycles. The van der Waals surface area contributed by atoms with Crippen LogP contribution in [0.4, 0.5) is 10.1 Å². The van der Waals surface area contributed by atoms with E-state index >= 15 is 0 Å². The van der Waals surface area contributed by atoms with Crippen LogP contribution in [-0.2, 0) is 0 Å². The molecule has 0 radical (unpaired) electrons. The van der Waals surface area contributed by atoms with Crippen molar-refractivity contribution in [2.45, 2.75) is 12.1 Å². The summed E-state index contributed by atoms with van der Waals surface area (Å²) in [4.78, 5) is 17.8. The van der Waals surface area contributed by atoms with Crippen LogP contribution in [0.25, 0.3) is 5.69 Å².